The summed E-state index contributed by atoms with van der Waals surface area (Å²) in [6.07, 6.45) is 0. The van der Waals surface area contributed by atoms with Crippen molar-refractivity contribution in [2.24, 2.45) is 0 Å². The maximum Gasteiger partial charge on any atom is 0.152 e. The summed E-state index contributed by atoms with van der Waals surface area (Å²) in [7, 11) is 0. The lowest BCUT2D eigenvalue weighted by atomic mass is 9.73. The topological polar surface area (TPSA) is 15.7 Å². The summed E-state index contributed by atoms with van der Waals surface area (Å²) in [4.78, 5) is 4.67. The molecule has 0 radical (unpaired) electrons. The van der Waals surface area contributed by atoms with Crippen LogP contribution in [0.3, 0.4) is 0 Å². The number of nitrogens with zero attached hydrogens (tertiary/aromatic N) is 2. The Hall–Kier alpha value is -5.28. The molecule has 202 valence electrons. The molecule has 0 saturated carbocycles. The molecule has 0 bridgehead atoms. The summed E-state index contributed by atoms with van der Waals surface area (Å²) in [6, 6.07) is 51.6. The van der Waals surface area contributed by atoms with Crippen molar-refractivity contribution in [3.05, 3.63) is 157 Å². The minimum atomic E-state index is -0.166. The Balaban J connectivity index is 1.26. The number of fused-ring (bicyclic) bond motifs is 4. The quantitative estimate of drug-likeness (QED) is 0.221. The van der Waals surface area contributed by atoms with Crippen LogP contribution in [-0.4, -0.2) is 0 Å². The van der Waals surface area contributed by atoms with Crippen molar-refractivity contribution >= 4 is 34.1 Å². The zero-order valence-electron chi connectivity index (χ0n) is 23.7. The van der Waals surface area contributed by atoms with Crippen molar-refractivity contribution in [2.75, 3.05) is 9.80 Å². The highest BCUT2D eigenvalue weighted by molar-refractivity contribution is 5.90. The lowest BCUT2D eigenvalue weighted by Crippen LogP contribution is -2.30. The van der Waals surface area contributed by atoms with Gasteiger partial charge in [0.1, 0.15) is 0 Å². The van der Waals surface area contributed by atoms with Crippen molar-refractivity contribution < 1.29 is 4.74 Å². The molecule has 0 aliphatic carbocycles. The Morgan fingerprint density at radius 2 is 0.929 bits per heavy atom. The van der Waals surface area contributed by atoms with Crippen LogP contribution in [0.4, 0.5) is 34.1 Å². The van der Waals surface area contributed by atoms with Crippen LogP contribution in [0.5, 0.6) is 11.5 Å². The first-order chi connectivity index (χ1) is 20.6. The molecule has 6 aromatic carbocycles. The molecule has 0 spiro atoms. The summed E-state index contributed by atoms with van der Waals surface area (Å²) >= 11 is 0. The molecule has 0 saturated heterocycles. The van der Waals surface area contributed by atoms with Gasteiger partial charge in [-0.3, -0.25) is 0 Å². The number of hydrogen-bond acceptors (Lipinski definition) is 3. The summed E-state index contributed by atoms with van der Waals surface area (Å²) in [5.41, 5.74) is 11.6. The van der Waals surface area contributed by atoms with Gasteiger partial charge in [0.25, 0.3) is 0 Å². The second-order valence-corrected chi connectivity index (χ2v) is 11.5. The number of anilines is 6. The molecule has 2 aliphatic heterocycles. The second-order valence-electron chi connectivity index (χ2n) is 11.5. The molecular weight excluding hydrogens is 512 g/mol. The molecule has 6 aromatic rings. The fraction of sp³-hybridized carbons (Fsp3) is 0.0769. The first-order valence-corrected chi connectivity index (χ1v) is 14.5. The van der Waals surface area contributed by atoms with E-state index in [9.17, 15) is 0 Å². The molecule has 3 nitrogen and oxygen atoms in total. The molecule has 0 N–H and O–H groups in total. The van der Waals surface area contributed by atoms with E-state index < -0.39 is 0 Å². The average molecular weight is 543 g/mol. The maximum absolute atomic E-state index is 6.52. The lowest BCUT2D eigenvalue weighted by Gasteiger charge is -2.42. The third-order valence-electron chi connectivity index (χ3n) is 8.62. The van der Waals surface area contributed by atoms with Gasteiger partial charge in [0.15, 0.2) is 11.5 Å². The molecule has 0 amide bonds. The number of hydrogen-bond donors (Lipinski definition) is 0. The highest BCUT2D eigenvalue weighted by Crippen LogP contribution is 2.54. The van der Waals surface area contributed by atoms with Crippen LogP contribution in [0, 0.1) is 0 Å². The molecule has 0 fully saturated rings. The predicted molar refractivity (Wildman–Crippen MR) is 173 cm³/mol. The van der Waals surface area contributed by atoms with Gasteiger partial charge in [-0.15, -0.1) is 0 Å². The van der Waals surface area contributed by atoms with Crippen molar-refractivity contribution in [3.63, 3.8) is 0 Å². The van der Waals surface area contributed by atoms with E-state index in [4.69, 9.17) is 4.74 Å². The monoisotopic (exact) mass is 542 g/mol. The number of benzene rings is 6. The number of para-hydroxylation sites is 5. The zero-order valence-corrected chi connectivity index (χ0v) is 23.7. The molecule has 0 atom stereocenters. The van der Waals surface area contributed by atoms with E-state index in [-0.39, 0.29) is 5.41 Å². The second kappa shape index (κ2) is 9.39. The molecule has 0 unspecified atom stereocenters. The predicted octanol–water partition coefficient (Wildman–Crippen LogP) is 11.0. The fourth-order valence-corrected chi connectivity index (χ4v) is 6.53. The van der Waals surface area contributed by atoms with Gasteiger partial charge < -0.3 is 14.5 Å². The van der Waals surface area contributed by atoms with E-state index in [2.05, 4.69) is 157 Å². The number of ether oxygens (including phenoxy) is 1. The zero-order chi connectivity index (χ0) is 28.3. The van der Waals surface area contributed by atoms with E-state index in [0.29, 0.717) is 0 Å². The van der Waals surface area contributed by atoms with Gasteiger partial charge in [0, 0.05) is 16.8 Å². The van der Waals surface area contributed by atoms with Crippen LogP contribution in [-0.2, 0) is 5.41 Å². The van der Waals surface area contributed by atoms with Crippen LogP contribution < -0.4 is 14.5 Å². The smallest absolute Gasteiger partial charge is 0.152 e. The van der Waals surface area contributed by atoms with Crippen LogP contribution >= 0.6 is 0 Å². The Morgan fingerprint density at radius 1 is 0.429 bits per heavy atom. The van der Waals surface area contributed by atoms with Crippen LogP contribution in [0.1, 0.15) is 25.0 Å². The van der Waals surface area contributed by atoms with E-state index in [0.717, 1.165) is 39.8 Å². The molecule has 2 heterocycles. The molecule has 8 rings (SSSR count). The first-order valence-electron chi connectivity index (χ1n) is 14.5. The van der Waals surface area contributed by atoms with Crippen LogP contribution in [0.15, 0.2) is 146 Å². The van der Waals surface area contributed by atoms with Crippen molar-refractivity contribution in [1.29, 1.82) is 0 Å². The van der Waals surface area contributed by atoms with Gasteiger partial charge >= 0.3 is 0 Å². The van der Waals surface area contributed by atoms with Gasteiger partial charge in [-0.25, -0.2) is 0 Å². The summed E-state index contributed by atoms with van der Waals surface area (Å²) in [5.74, 6) is 1.70. The van der Waals surface area contributed by atoms with Gasteiger partial charge in [0.05, 0.1) is 22.7 Å². The van der Waals surface area contributed by atoms with Gasteiger partial charge in [-0.1, -0.05) is 92.7 Å². The van der Waals surface area contributed by atoms with Gasteiger partial charge in [-0.05, 0) is 89.0 Å². The first kappa shape index (κ1) is 24.5. The van der Waals surface area contributed by atoms with E-state index in [1.165, 1.54) is 28.1 Å². The fourth-order valence-electron chi connectivity index (χ4n) is 6.53. The lowest BCUT2D eigenvalue weighted by molar-refractivity contribution is 0.477. The third kappa shape index (κ3) is 3.74. The highest BCUT2D eigenvalue weighted by Gasteiger charge is 2.37. The maximum atomic E-state index is 6.52. The van der Waals surface area contributed by atoms with Crippen molar-refractivity contribution in [3.8, 4) is 22.6 Å². The summed E-state index contributed by atoms with van der Waals surface area (Å²) in [6.45, 7) is 4.67. The standard InChI is InChI=1S/C39H30N2O/c1-39(2)31-17-9-10-18-33(31)40(29-13-5-3-6-14-29)34-23-21-27(25-32(34)39)28-22-24-36-38(26-28)42-37-20-12-11-19-35(37)41(36)30-15-7-4-8-16-30/h3-26H,1-2H3. The summed E-state index contributed by atoms with van der Waals surface area (Å²) in [5, 5.41) is 0. The minimum absolute atomic E-state index is 0.166. The van der Waals surface area contributed by atoms with Crippen molar-refractivity contribution in [2.45, 2.75) is 19.3 Å². The number of rotatable bonds is 3. The van der Waals surface area contributed by atoms with E-state index in [1.807, 2.05) is 12.1 Å². The SMILES string of the molecule is CC1(C)c2ccccc2N(c2ccccc2)c2ccc(-c3ccc4c(c3)Oc3ccccc3N4c3ccccc3)cc21. The molecule has 3 heteroatoms. The third-order valence-corrected chi connectivity index (χ3v) is 8.62. The highest BCUT2D eigenvalue weighted by atomic mass is 16.5. The average Bonchev–Trinajstić information content (AvgIpc) is 3.04. The Morgan fingerprint density at radius 3 is 1.64 bits per heavy atom. The summed E-state index contributed by atoms with van der Waals surface area (Å²) < 4.78 is 6.52. The Labute approximate surface area is 246 Å². The molecule has 2 aliphatic rings. The normalized spacial score (nSPS) is 14.2. The minimum Gasteiger partial charge on any atom is -0.453 e. The Kier molecular flexibility index (Phi) is 5.48. The van der Waals surface area contributed by atoms with Crippen LogP contribution in [0.25, 0.3) is 11.1 Å². The van der Waals surface area contributed by atoms with Crippen LogP contribution in [0.2, 0.25) is 0 Å². The largest absolute Gasteiger partial charge is 0.453 e. The van der Waals surface area contributed by atoms with Gasteiger partial charge in [-0.2, -0.15) is 0 Å². The van der Waals surface area contributed by atoms with Gasteiger partial charge in [0.2, 0.25) is 0 Å². The van der Waals surface area contributed by atoms with Crippen molar-refractivity contribution in [1.82, 2.24) is 0 Å². The molecular formula is C39H30N2O. The van der Waals surface area contributed by atoms with E-state index in [1.54, 1.807) is 0 Å². The Bertz CT molecular complexity index is 1950. The van der Waals surface area contributed by atoms with E-state index >= 15 is 0 Å². The molecule has 0 aromatic heterocycles. The molecule has 42 heavy (non-hydrogen) atoms.